The predicted molar refractivity (Wildman–Crippen MR) is 134 cm³/mol. The summed E-state index contributed by atoms with van der Waals surface area (Å²) in [6, 6.07) is 9.51. The van der Waals surface area contributed by atoms with Crippen LogP contribution in [0, 0.1) is 0 Å². The van der Waals surface area contributed by atoms with E-state index in [1.165, 1.54) is 17.0 Å². The number of carbonyl (C=O) groups is 2. The molecule has 7 nitrogen and oxygen atoms in total. The van der Waals surface area contributed by atoms with Gasteiger partial charge in [0.25, 0.3) is 0 Å². The SMILES string of the molecule is O=C(O)N1CCN(C(=O)C(c2ccc(OCc3ccc(C(F)(F)F)cc3)c(Cl)c2)C2(O)CCCCC2)CC1. The van der Waals surface area contributed by atoms with Gasteiger partial charge in [0.2, 0.25) is 5.91 Å². The van der Waals surface area contributed by atoms with Crippen molar-refractivity contribution in [2.45, 2.75) is 56.4 Å². The summed E-state index contributed by atoms with van der Waals surface area (Å²) in [4.78, 5) is 27.8. The lowest BCUT2D eigenvalue weighted by atomic mass is 9.72. The van der Waals surface area contributed by atoms with E-state index in [1.54, 1.807) is 23.1 Å². The minimum absolute atomic E-state index is 0.00262. The van der Waals surface area contributed by atoms with Crippen molar-refractivity contribution in [1.29, 1.82) is 0 Å². The Morgan fingerprint density at radius 3 is 2.13 bits per heavy atom. The molecule has 1 heterocycles. The van der Waals surface area contributed by atoms with Gasteiger partial charge in [-0.05, 0) is 48.2 Å². The molecule has 1 unspecified atom stereocenters. The van der Waals surface area contributed by atoms with Crippen molar-refractivity contribution in [3.05, 3.63) is 64.2 Å². The number of hydrogen-bond donors (Lipinski definition) is 2. The van der Waals surface area contributed by atoms with Crippen LogP contribution in [0.1, 0.15) is 54.7 Å². The molecule has 1 saturated heterocycles. The van der Waals surface area contributed by atoms with Crippen LogP contribution in [0.4, 0.5) is 18.0 Å². The largest absolute Gasteiger partial charge is 0.487 e. The van der Waals surface area contributed by atoms with Gasteiger partial charge in [-0.25, -0.2) is 4.79 Å². The van der Waals surface area contributed by atoms with E-state index in [0.29, 0.717) is 29.7 Å². The minimum Gasteiger partial charge on any atom is -0.487 e. The Hall–Kier alpha value is -2.98. The second-order valence-corrected chi connectivity index (χ2v) is 10.3. The lowest BCUT2D eigenvalue weighted by molar-refractivity contribution is -0.143. The highest BCUT2D eigenvalue weighted by atomic mass is 35.5. The number of rotatable bonds is 6. The van der Waals surface area contributed by atoms with Crippen molar-refractivity contribution < 1.29 is 37.7 Å². The Labute approximate surface area is 223 Å². The Balaban J connectivity index is 1.52. The number of alkyl halides is 3. The highest BCUT2D eigenvalue weighted by Crippen LogP contribution is 2.43. The Morgan fingerprint density at radius 1 is 0.974 bits per heavy atom. The van der Waals surface area contributed by atoms with Crippen molar-refractivity contribution in [3.8, 4) is 5.75 Å². The summed E-state index contributed by atoms with van der Waals surface area (Å²) in [5.41, 5.74) is -0.940. The van der Waals surface area contributed by atoms with Gasteiger partial charge in [-0.1, -0.05) is 49.1 Å². The number of hydrogen-bond acceptors (Lipinski definition) is 4. The third-order valence-electron chi connectivity index (χ3n) is 7.33. The molecule has 2 amide bonds. The average molecular weight is 555 g/mol. The number of amides is 2. The second-order valence-electron chi connectivity index (χ2n) is 9.87. The zero-order chi connectivity index (χ0) is 27.5. The van der Waals surface area contributed by atoms with Crippen LogP contribution in [0.3, 0.4) is 0 Å². The van der Waals surface area contributed by atoms with Crippen LogP contribution >= 0.6 is 11.6 Å². The fourth-order valence-corrected chi connectivity index (χ4v) is 5.44. The van der Waals surface area contributed by atoms with Crippen molar-refractivity contribution >= 4 is 23.6 Å². The number of ether oxygens (including phenoxy) is 1. The number of benzene rings is 2. The minimum atomic E-state index is -4.42. The van der Waals surface area contributed by atoms with Crippen molar-refractivity contribution in [2.24, 2.45) is 0 Å². The topological polar surface area (TPSA) is 90.3 Å². The maximum atomic E-state index is 13.7. The monoisotopic (exact) mass is 554 g/mol. The van der Waals surface area contributed by atoms with Crippen molar-refractivity contribution in [2.75, 3.05) is 26.2 Å². The third kappa shape index (κ3) is 6.35. The van der Waals surface area contributed by atoms with Gasteiger partial charge in [0, 0.05) is 26.2 Å². The Morgan fingerprint density at radius 2 is 1.58 bits per heavy atom. The molecule has 1 aliphatic heterocycles. The lowest BCUT2D eigenvalue weighted by Crippen LogP contribution is -2.54. The predicted octanol–water partition coefficient (Wildman–Crippen LogP) is 5.54. The number of aliphatic hydroxyl groups is 1. The molecule has 38 heavy (non-hydrogen) atoms. The Bertz CT molecular complexity index is 1140. The molecule has 11 heteroatoms. The van der Waals surface area contributed by atoms with Gasteiger partial charge in [0.05, 0.1) is 22.1 Å². The summed E-state index contributed by atoms with van der Waals surface area (Å²) in [6.45, 7) is 0.865. The maximum absolute atomic E-state index is 13.7. The van der Waals surface area contributed by atoms with Gasteiger partial charge in [-0.3, -0.25) is 4.79 Å². The molecule has 2 aromatic rings. The number of carboxylic acid groups (broad SMARTS) is 1. The van der Waals surface area contributed by atoms with E-state index in [1.807, 2.05) is 0 Å². The van der Waals surface area contributed by atoms with Crippen LogP contribution in [0.2, 0.25) is 5.02 Å². The van der Waals surface area contributed by atoms with Crippen molar-refractivity contribution in [1.82, 2.24) is 9.80 Å². The molecule has 2 fully saturated rings. The zero-order valence-corrected chi connectivity index (χ0v) is 21.5. The standard InChI is InChI=1S/C27H30ClF3N2O5/c28-21-16-19(6-9-22(21)38-17-18-4-7-20(8-5-18)27(29,30)31)23(26(37)10-2-1-3-11-26)24(34)32-12-14-33(15-13-32)25(35)36/h4-9,16,23,37H,1-3,10-15,17H2,(H,35,36). The summed E-state index contributed by atoms with van der Waals surface area (Å²) in [5.74, 6) is -0.846. The van der Waals surface area contributed by atoms with E-state index in [9.17, 15) is 33.0 Å². The first kappa shape index (κ1) is 28.0. The van der Waals surface area contributed by atoms with Gasteiger partial charge in [0.1, 0.15) is 12.4 Å². The summed E-state index contributed by atoms with van der Waals surface area (Å²) in [7, 11) is 0. The van der Waals surface area contributed by atoms with E-state index in [4.69, 9.17) is 16.3 Å². The normalized spacial score (nSPS) is 18.7. The van der Waals surface area contributed by atoms with E-state index in [-0.39, 0.29) is 43.7 Å². The number of nitrogens with zero attached hydrogens (tertiary/aromatic N) is 2. The molecule has 2 aliphatic rings. The zero-order valence-electron chi connectivity index (χ0n) is 20.7. The third-order valence-corrected chi connectivity index (χ3v) is 7.63. The molecule has 2 N–H and O–H groups in total. The molecule has 0 bridgehead atoms. The molecule has 1 saturated carbocycles. The molecule has 1 aliphatic carbocycles. The second kappa shape index (κ2) is 11.4. The van der Waals surface area contributed by atoms with Crippen LogP contribution < -0.4 is 4.74 Å². The van der Waals surface area contributed by atoms with E-state index >= 15 is 0 Å². The first-order chi connectivity index (χ1) is 18.0. The maximum Gasteiger partial charge on any atom is 0.416 e. The fraction of sp³-hybridized carbons (Fsp3) is 0.481. The molecule has 0 radical (unpaired) electrons. The molecular weight excluding hydrogens is 525 g/mol. The quantitative estimate of drug-likeness (QED) is 0.489. The van der Waals surface area contributed by atoms with Gasteiger partial charge < -0.3 is 24.7 Å². The lowest BCUT2D eigenvalue weighted by Gasteiger charge is -2.42. The van der Waals surface area contributed by atoms with Gasteiger partial charge in [0.15, 0.2) is 0 Å². The van der Waals surface area contributed by atoms with E-state index < -0.39 is 29.4 Å². The summed E-state index contributed by atoms with van der Waals surface area (Å²) >= 11 is 6.50. The summed E-state index contributed by atoms with van der Waals surface area (Å²) in [5, 5.41) is 21.0. The number of piperazine rings is 1. The first-order valence-corrected chi connectivity index (χ1v) is 12.9. The van der Waals surface area contributed by atoms with Crippen molar-refractivity contribution in [3.63, 3.8) is 0 Å². The smallest absolute Gasteiger partial charge is 0.416 e. The Kier molecular flexibility index (Phi) is 8.42. The number of halogens is 4. The fourth-order valence-electron chi connectivity index (χ4n) is 5.20. The van der Waals surface area contributed by atoms with Crippen LogP contribution in [-0.2, 0) is 17.6 Å². The van der Waals surface area contributed by atoms with Crippen LogP contribution in [0.25, 0.3) is 0 Å². The molecular formula is C27H30ClF3N2O5. The molecule has 4 rings (SSSR count). The van der Waals surface area contributed by atoms with Crippen LogP contribution in [0.15, 0.2) is 42.5 Å². The van der Waals surface area contributed by atoms with Gasteiger partial charge in [-0.15, -0.1) is 0 Å². The molecule has 0 aromatic heterocycles. The average Bonchev–Trinajstić information content (AvgIpc) is 2.88. The highest BCUT2D eigenvalue weighted by molar-refractivity contribution is 6.32. The van der Waals surface area contributed by atoms with E-state index in [2.05, 4.69) is 0 Å². The number of carbonyl (C=O) groups excluding carboxylic acids is 1. The van der Waals surface area contributed by atoms with Crippen LogP contribution in [0.5, 0.6) is 5.75 Å². The van der Waals surface area contributed by atoms with E-state index in [0.717, 1.165) is 31.4 Å². The summed E-state index contributed by atoms with van der Waals surface area (Å²) in [6.07, 6.45) is -1.98. The van der Waals surface area contributed by atoms with Gasteiger partial charge >= 0.3 is 12.3 Å². The van der Waals surface area contributed by atoms with Gasteiger partial charge in [-0.2, -0.15) is 13.2 Å². The molecule has 1 atom stereocenters. The van der Waals surface area contributed by atoms with Crippen LogP contribution in [-0.4, -0.2) is 63.8 Å². The molecule has 0 spiro atoms. The molecule has 206 valence electrons. The summed E-state index contributed by atoms with van der Waals surface area (Å²) < 4.78 is 44.1. The molecule has 2 aromatic carbocycles. The highest BCUT2D eigenvalue weighted by Gasteiger charge is 2.45. The first-order valence-electron chi connectivity index (χ1n) is 12.6.